The minimum atomic E-state index is -3.75. The Labute approximate surface area is 300 Å². The number of nitrogens with one attached hydrogen (secondary N) is 1. The summed E-state index contributed by atoms with van der Waals surface area (Å²) in [4.78, 5) is 20.9. The molecule has 300 valence electrons. The number of hydrogen-bond donors (Lipinski definition) is 2. The lowest BCUT2D eigenvalue weighted by molar-refractivity contribution is -0.176. The van der Waals surface area contributed by atoms with Crippen molar-refractivity contribution in [1.29, 1.82) is 0 Å². The summed E-state index contributed by atoms with van der Waals surface area (Å²) in [6.45, 7) is 13.4. The highest BCUT2D eigenvalue weighted by atomic mass is 32.2. The summed E-state index contributed by atoms with van der Waals surface area (Å²) in [5.41, 5.74) is 0. The number of hydrogen-bond acceptors (Lipinski definition) is 15. The Morgan fingerprint density at radius 2 is 1.24 bits per heavy atom. The Balaban J connectivity index is 0.000000964. The van der Waals surface area contributed by atoms with Crippen LogP contribution in [0.3, 0.4) is 0 Å². The number of rotatable bonds is 27. The molecular formula is C31H64NO15PS2. The predicted molar refractivity (Wildman–Crippen MR) is 188 cm³/mol. The van der Waals surface area contributed by atoms with E-state index in [1.165, 1.54) is 6.92 Å². The highest BCUT2D eigenvalue weighted by Crippen LogP contribution is 2.38. The molecule has 0 saturated heterocycles. The average Bonchev–Trinajstić information content (AvgIpc) is 3.03. The Morgan fingerprint density at radius 3 is 1.74 bits per heavy atom. The van der Waals surface area contributed by atoms with Gasteiger partial charge < -0.3 is 33.1 Å². The molecule has 1 saturated carbocycles. The second-order valence-electron chi connectivity index (χ2n) is 12.6. The normalized spacial score (nSPS) is 19.4. The molecule has 3 unspecified atom stereocenters. The second-order valence-corrected chi connectivity index (χ2v) is 18.2. The van der Waals surface area contributed by atoms with E-state index in [0.717, 1.165) is 59.4 Å². The first-order chi connectivity index (χ1) is 23.3. The zero-order valence-electron chi connectivity index (χ0n) is 31.2. The summed E-state index contributed by atoms with van der Waals surface area (Å²) >= 11 is 0. The average molecular weight is 786 g/mol. The van der Waals surface area contributed by atoms with Crippen LogP contribution in [0.25, 0.3) is 0 Å². The van der Waals surface area contributed by atoms with E-state index in [4.69, 9.17) is 27.9 Å². The molecular weight excluding hydrogens is 721 g/mol. The largest absolute Gasteiger partial charge is 0.435 e. The first-order valence-corrected chi connectivity index (χ1v) is 22.1. The number of ether oxygens (including phenoxy) is 5. The quantitative estimate of drug-likeness (QED) is 0.0394. The van der Waals surface area contributed by atoms with Crippen molar-refractivity contribution in [2.45, 2.75) is 118 Å². The van der Waals surface area contributed by atoms with Crippen molar-refractivity contribution in [2.75, 3.05) is 65.0 Å². The summed E-state index contributed by atoms with van der Waals surface area (Å²) in [6, 6.07) is 0. The van der Waals surface area contributed by atoms with Crippen LogP contribution in [0.15, 0.2) is 0 Å². The lowest BCUT2D eigenvalue weighted by Crippen LogP contribution is -2.30. The van der Waals surface area contributed by atoms with Gasteiger partial charge in [0.25, 0.3) is 20.2 Å². The zero-order chi connectivity index (χ0) is 38.2. The summed E-state index contributed by atoms with van der Waals surface area (Å²) in [6.07, 6.45) is 5.04. The molecule has 1 fully saturated rings. The van der Waals surface area contributed by atoms with Gasteiger partial charge in [-0.05, 0) is 105 Å². The fourth-order valence-corrected chi connectivity index (χ4v) is 6.86. The molecule has 0 heterocycles. The van der Waals surface area contributed by atoms with Gasteiger partial charge in [-0.1, -0.05) is 0 Å². The maximum Gasteiger partial charge on any atom is 0.341 e. The number of carbonyl (C=O) groups excluding carboxylic acids is 1. The standard InChI is InChI=1S/C17H34NO7P.C14H30O8S2/c1-13(2)23-10-15-5-7-16(8-6-15)11-24-14(3)25-17(19)9-18-12-26(20,21)22-4;1-13(2)20-9-5-6-10-21-14(3)22-24(17,18)12-8-7-11-23(15,16)19-4/h13-16,18H,5-12H2,1-4H3,(H,20,21);13-14H,5-12H2,1-4H3. The maximum atomic E-state index is 11.7. The molecule has 0 aromatic heterocycles. The SMILES string of the molecule is COP(=O)(O)CNCC(=O)OC(C)OCC1CCC(COC(C)C)CC1.COS(=O)(=O)CCCCS(=O)(=O)OC(C)OCCCCOC(C)C. The molecule has 1 aliphatic carbocycles. The van der Waals surface area contributed by atoms with Crippen LogP contribution in [0.1, 0.15) is 92.9 Å². The topological polar surface area (TPSA) is 209 Å². The third-order valence-electron chi connectivity index (χ3n) is 7.28. The minimum Gasteiger partial charge on any atom is -0.435 e. The summed E-state index contributed by atoms with van der Waals surface area (Å²) < 4.78 is 97.6. The van der Waals surface area contributed by atoms with Gasteiger partial charge in [0.05, 0.1) is 50.3 Å². The fourth-order valence-electron chi connectivity index (χ4n) is 4.49. The first kappa shape index (κ1) is 49.2. The van der Waals surface area contributed by atoms with Gasteiger partial charge in [-0.25, -0.2) is 4.18 Å². The van der Waals surface area contributed by atoms with Crippen molar-refractivity contribution < 1.29 is 67.7 Å². The molecule has 16 nitrogen and oxygen atoms in total. The molecule has 1 aliphatic rings. The molecule has 19 heteroatoms. The van der Waals surface area contributed by atoms with Gasteiger partial charge in [-0.15, -0.1) is 0 Å². The minimum absolute atomic E-state index is 0.171. The Hall–Kier alpha value is -0.760. The van der Waals surface area contributed by atoms with Crippen molar-refractivity contribution in [3.63, 3.8) is 0 Å². The second kappa shape index (κ2) is 26.9. The van der Waals surface area contributed by atoms with Crippen molar-refractivity contribution in [3.05, 3.63) is 0 Å². The lowest BCUT2D eigenvalue weighted by Gasteiger charge is -2.29. The predicted octanol–water partition coefficient (Wildman–Crippen LogP) is 4.16. The summed E-state index contributed by atoms with van der Waals surface area (Å²) in [5.74, 6) is 0.0883. The van der Waals surface area contributed by atoms with E-state index in [-0.39, 0.29) is 49.4 Å². The van der Waals surface area contributed by atoms with Gasteiger partial charge in [0.15, 0.2) is 12.6 Å². The van der Waals surface area contributed by atoms with Crippen LogP contribution >= 0.6 is 7.60 Å². The molecule has 1 rings (SSSR count). The van der Waals surface area contributed by atoms with Crippen LogP contribution in [0.2, 0.25) is 0 Å². The highest BCUT2D eigenvalue weighted by Gasteiger charge is 2.23. The smallest absolute Gasteiger partial charge is 0.341 e. The fraction of sp³-hybridized carbons (Fsp3) is 0.968. The molecule has 2 N–H and O–H groups in total. The maximum absolute atomic E-state index is 11.7. The van der Waals surface area contributed by atoms with Crippen molar-refractivity contribution >= 4 is 33.8 Å². The van der Waals surface area contributed by atoms with E-state index < -0.39 is 46.4 Å². The number of esters is 1. The van der Waals surface area contributed by atoms with Gasteiger partial charge in [0.1, 0.15) is 0 Å². The monoisotopic (exact) mass is 785 g/mol. The van der Waals surface area contributed by atoms with Crippen LogP contribution < -0.4 is 5.32 Å². The Kier molecular flexibility index (Phi) is 26.5. The first-order valence-electron chi connectivity index (χ1n) is 17.2. The van der Waals surface area contributed by atoms with Gasteiger partial charge >= 0.3 is 13.6 Å². The molecule has 0 spiro atoms. The van der Waals surface area contributed by atoms with E-state index in [1.54, 1.807) is 6.92 Å². The Bertz CT molecular complexity index is 1150. The zero-order valence-corrected chi connectivity index (χ0v) is 33.7. The van der Waals surface area contributed by atoms with Crippen molar-refractivity contribution in [1.82, 2.24) is 5.32 Å². The van der Waals surface area contributed by atoms with Crippen LogP contribution in [0, 0.1) is 11.8 Å². The summed E-state index contributed by atoms with van der Waals surface area (Å²) in [5, 5.41) is 2.53. The molecule has 0 aromatic carbocycles. The molecule has 0 bridgehead atoms. The van der Waals surface area contributed by atoms with Crippen LogP contribution in [0.4, 0.5) is 0 Å². The van der Waals surface area contributed by atoms with Crippen molar-refractivity contribution in [3.8, 4) is 0 Å². The molecule has 50 heavy (non-hydrogen) atoms. The van der Waals surface area contributed by atoms with Gasteiger partial charge in [0.2, 0.25) is 0 Å². The highest BCUT2D eigenvalue weighted by molar-refractivity contribution is 7.87. The van der Waals surface area contributed by atoms with Crippen LogP contribution in [0.5, 0.6) is 0 Å². The molecule has 0 aliphatic heterocycles. The van der Waals surface area contributed by atoms with Crippen LogP contribution in [-0.2, 0) is 66.2 Å². The van der Waals surface area contributed by atoms with Gasteiger partial charge in [-0.2, -0.15) is 16.8 Å². The number of carbonyl (C=O) groups is 1. The molecule has 3 atom stereocenters. The van der Waals surface area contributed by atoms with E-state index in [2.05, 4.69) is 27.9 Å². The summed E-state index contributed by atoms with van der Waals surface area (Å²) in [7, 11) is -8.76. The molecule has 0 amide bonds. The van der Waals surface area contributed by atoms with E-state index in [1.807, 2.05) is 13.8 Å². The third-order valence-corrected chi connectivity index (χ3v) is 11.1. The van der Waals surface area contributed by atoms with Gasteiger partial charge in [-0.3, -0.25) is 18.9 Å². The third kappa shape index (κ3) is 28.8. The molecule has 0 aromatic rings. The van der Waals surface area contributed by atoms with Gasteiger partial charge in [0, 0.05) is 26.9 Å². The van der Waals surface area contributed by atoms with E-state index in [9.17, 15) is 31.1 Å². The van der Waals surface area contributed by atoms with E-state index >= 15 is 0 Å². The Morgan fingerprint density at radius 1 is 0.740 bits per heavy atom. The molecule has 0 radical (unpaired) electrons. The lowest BCUT2D eigenvalue weighted by atomic mass is 9.83. The van der Waals surface area contributed by atoms with E-state index in [0.29, 0.717) is 31.7 Å². The van der Waals surface area contributed by atoms with Crippen LogP contribution in [-0.4, -0.2) is 117 Å². The van der Waals surface area contributed by atoms with Crippen molar-refractivity contribution in [2.24, 2.45) is 11.8 Å². The number of unbranched alkanes of at least 4 members (excludes halogenated alkanes) is 2.